The molecule has 44 heavy (non-hydrogen) atoms. The van der Waals surface area contributed by atoms with E-state index in [1.807, 2.05) is 6.20 Å². The molecule has 1 fully saturated rings. The number of rotatable bonds is 2. The molecular formula is C37H36N6O. The Morgan fingerprint density at radius 2 is 1.68 bits per heavy atom. The lowest BCUT2D eigenvalue weighted by Crippen LogP contribution is -2.69. The first-order valence-corrected chi connectivity index (χ1v) is 16.1. The van der Waals surface area contributed by atoms with Crippen LogP contribution in [0.25, 0.3) is 21.9 Å². The van der Waals surface area contributed by atoms with Crippen LogP contribution in [0.4, 0.5) is 22.9 Å². The minimum atomic E-state index is -0.201. The molecule has 5 atom stereocenters. The van der Waals surface area contributed by atoms with Crippen molar-refractivity contribution in [2.45, 2.75) is 62.7 Å². The maximum Gasteiger partial charge on any atom is 0.161 e. The van der Waals surface area contributed by atoms with Gasteiger partial charge in [-0.05, 0) is 48.9 Å². The molecule has 0 saturated heterocycles. The average Bonchev–Trinajstić information content (AvgIpc) is 3.85. The standard InChI is InChI=1S/C37H36N6O/c1-5-35-17-18-36(25-12-8-9-13-27(25)43-32-28(21-38-22-39-32)41(4)34(36)43)37(35,6-2)26-16-15-24-23-11-7-10-14-29(23)44-31(24)30(26)42-20-19-40(3)33(35)42/h7-16,19-22,33-34H,5-6,17-18H2,1-4H3. The van der Waals surface area contributed by atoms with Crippen molar-refractivity contribution in [1.82, 2.24) is 14.9 Å². The van der Waals surface area contributed by atoms with Crippen LogP contribution >= 0.6 is 0 Å². The maximum atomic E-state index is 6.84. The first kappa shape index (κ1) is 24.9. The third kappa shape index (κ3) is 2.36. The van der Waals surface area contributed by atoms with Gasteiger partial charge in [0.15, 0.2) is 11.4 Å². The van der Waals surface area contributed by atoms with E-state index in [0.717, 1.165) is 48.4 Å². The number of furan rings is 1. The average molecular weight is 581 g/mol. The quantitative estimate of drug-likeness (QED) is 0.213. The Balaban J connectivity index is 1.37. The highest BCUT2D eigenvalue weighted by Crippen LogP contribution is 2.78. The van der Waals surface area contributed by atoms with E-state index < -0.39 is 0 Å². The number of likely N-dealkylation sites (N-methyl/N-ethyl adjacent to an activating group) is 1. The Bertz CT molecular complexity index is 2070. The third-order valence-electron chi connectivity index (χ3n) is 12.6. The molecule has 5 unspecified atom stereocenters. The van der Waals surface area contributed by atoms with E-state index >= 15 is 0 Å². The van der Waals surface area contributed by atoms with Crippen LogP contribution in [0.1, 0.15) is 50.7 Å². The molecule has 0 bridgehead atoms. The molecule has 1 spiro atoms. The van der Waals surface area contributed by atoms with Gasteiger partial charge in [0.25, 0.3) is 0 Å². The number of anilines is 4. The van der Waals surface area contributed by atoms with Crippen LogP contribution in [-0.4, -0.2) is 41.3 Å². The Labute approximate surface area is 257 Å². The smallest absolute Gasteiger partial charge is 0.161 e. The SMILES string of the molecule is CCC12CCC3(c4ccccc4N4c5ncncc5N(C)C43)C1(CC)c1ccc3c(oc4ccccc43)c1N1C=CN(C)C12. The fraction of sp³-hybridized carbons (Fsp3) is 0.351. The van der Waals surface area contributed by atoms with Gasteiger partial charge in [-0.15, -0.1) is 0 Å². The van der Waals surface area contributed by atoms with Gasteiger partial charge >= 0.3 is 0 Å². The zero-order chi connectivity index (χ0) is 29.6. The van der Waals surface area contributed by atoms with Crippen molar-refractivity contribution in [2.75, 3.05) is 28.8 Å². The first-order chi connectivity index (χ1) is 21.5. The van der Waals surface area contributed by atoms with E-state index in [9.17, 15) is 0 Å². The third-order valence-corrected chi connectivity index (χ3v) is 12.6. The molecule has 0 N–H and O–H groups in total. The van der Waals surface area contributed by atoms with Crippen molar-refractivity contribution in [3.8, 4) is 0 Å². The highest BCUT2D eigenvalue weighted by atomic mass is 16.3. The number of para-hydroxylation sites is 2. The largest absolute Gasteiger partial charge is 0.454 e. The van der Waals surface area contributed by atoms with Gasteiger partial charge in [0, 0.05) is 59.2 Å². The van der Waals surface area contributed by atoms with Crippen molar-refractivity contribution in [2.24, 2.45) is 5.41 Å². The van der Waals surface area contributed by atoms with E-state index in [2.05, 4.69) is 126 Å². The molecular weight excluding hydrogens is 544 g/mol. The number of nitrogens with zero attached hydrogens (tertiary/aromatic N) is 6. The molecule has 1 saturated carbocycles. The summed E-state index contributed by atoms with van der Waals surface area (Å²) in [5, 5.41) is 2.37. The van der Waals surface area contributed by atoms with E-state index in [4.69, 9.17) is 9.40 Å². The predicted octanol–water partition coefficient (Wildman–Crippen LogP) is 7.64. The van der Waals surface area contributed by atoms with Crippen LogP contribution in [0, 0.1) is 5.41 Å². The molecule has 4 aliphatic heterocycles. The van der Waals surface area contributed by atoms with Crippen LogP contribution in [0.5, 0.6) is 0 Å². The van der Waals surface area contributed by atoms with Crippen molar-refractivity contribution in [3.05, 3.63) is 96.7 Å². The number of fused-ring (bicyclic) bond motifs is 18. The summed E-state index contributed by atoms with van der Waals surface area (Å²) in [6.45, 7) is 4.89. The summed E-state index contributed by atoms with van der Waals surface area (Å²) in [5.74, 6) is 1.02. The number of aromatic nitrogens is 2. The number of hydrogen-bond donors (Lipinski definition) is 0. The van der Waals surface area contributed by atoms with Crippen molar-refractivity contribution < 1.29 is 4.42 Å². The summed E-state index contributed by atoms with van der Waals surface area (Å²) in [5.41, 5.74) is 8.05. The zero-order valence-electron chi connectivity index (χ0n) is 25.7. The molecule has 0 amide bonds. The zero-order valence-corrected chi connectivity index (χ0v) is 25.7. The molecule has 220 valence electrons. The summed E-state index contributed by atoms with van der Waals surface area (Å²) in [4.78, 5) is 19.5. The van der Waals surface area contributed by atoms with E-state index in [1.165, 1.54) is 33.3 Å². The Morgan fingerprint density at radius 3 is 2.55 bits per heavy atom. The van der Waals surface area contributed by atoms with E-state index in [-0.39, 0.29) is 28.6 Å². The van der Waals surface area contributed by atoms with Crippen LogP contribution < -0.4 is 14.7 Å². The second-order valence-corrected chi connectivity index (χ2v) is 13.5. The van der Waals surface area contributed by atoms with Crippen LogP contribution in [0.3, 0.4) is 0 Å². The molecule has 7 heteroatoms. The Kier molecular flexibility index (Phi) is 4.49. The predicted molar refractivity (Wildman–Crippen MR) is 175 cm³/mol. The summed E-state index contributed by atoms with van der Waals surface area (Å²) in [6, 6.07) is 22.5. The van der Waals surface area contributed by atoms with Crippen molar-refractivity contribution >= 4 is 44.8 Å². The van der Waals surface area contributed by atoms with Gasteiger partial charge in [-0.3, -0.25) is 0 Å². The molecule has 2 aromatic heterocycles. The van der Waals surface area contributed by atoms with Crippen LogP contribution in [0.15, 0.2) is 90.0 Å². The fourth-order valence-electron chi connectivity index (χ4n) is 11.3. The lowest BCUT2D eigenvalue weighted by atomic mass is 9.46. The lowest BCUT2D eigenvalue weighted by Gasteiger charge is -2.63. The van der Waals surface area contributed by atoms with Crippen molar-refractivity contribution in [1.29, 1.82) is 0 Å². The van der Waals surface area contributed by atoms with Gasteiger partial charge in [-0.25, -0.2) is 9.97 Å². The number of benzene rings is 3. The van der Waals surface area contributed by atoms with E-state index in [0.29, 0.717) is 0 Å². The summed E-state index contributed by atoms with van der Waals surface area (Å²) in [7, 11) is 4.54. The molecule has 7 nitrogen and oxygen atoms in total. The summed E-state index contributed by atoms with van der Waals surface area (Å²) < 4.78 is 6.84. The van der Waals surface area contributed by atoms with Crippen molar-refractivity contribution in [3.63, 3.8) is 0 Å². The molecule has 10 rings (SSSR count). The summed E-state index contributed by atoms with van der Waals surface area (Å²) in [6.07, 6.45) is 12.9. The highest BCUT2D eigenvalue weighted by molar-refractivity contribution is 6.10. The molecule has 5 aliphatic rings. The molecule has 6 heterocycles. The Morgan fingerprint density at radius 1 is 0.841 bits per heavy atom. The molecule has 0 radical (unpaired) electrons. The van der Waals surface area contributed by atoms with E-state index in [1.54, 1.807) is 6.33 Å². The normalized spacial score (nSPS) is 30.7. The van der Waals surface area contributed by atoms with Crippen LogP contribution in [0.2, 0.25) is 0 Å². The van der Waals surface area contributed by atoms with Gasteiger partial charge in [0.05, 0.1) is 11.9 Å². The van der Waals surface area contributed by atoms with Gasteiger partial charge in [0.2, 0.25) is 0 Å². The second kappa shape index (κ2) is 7.95. The molecule has 5 aromatic rings. The minimum Gasteiger partial charge on any atom is -0.454 e. The van der Waals surface area contributed by atoms with Gasteiger partial charge in [0.1, 0.15) is 29.9 Å². The fourth-order valence-corrected chi connectivity index (χ4v) is 11.3. The lowest BCUT2D eigenvalue weighted by molar-refractivity contribution is 0.00544. The van der Waals surface area contributed by atoms with Gasteiger partial charge < -0.3 is 24.0 Å². The number of hydrogen-bond acceptors (Lipinski definition) is 7. The maximum absolute atomic E-state index is 6.84. The Hall–Kier alpha value is -4.52. The minimum absolute atomic E-state index is 0.0168. The molecule has 3 aromatic carbocycles. The summed E-state index contributed by atoms with van der Waals surface area (Å²) >= 11 is 0. The first-order valence-electron chi connectivity index (χ1n) is 16.1. The highest BCUT2D eigenvalue weighted by Gasteiger charge is 2.79. The van der Waals surface area contributed by atoms with Gasteiger partial charge in [-0.1, -0.05) is 62.4 Å². The second-order valence-electron chi connectivity index (χ2n) is 13.5. The van der Waals surface area contributed by atoms with Crippen LogP contribution in [-0.2, 0) is 10.8 Å². The molecule has 1 aliphatic carbocycles. The topological polar surface area (TPSA) is 51.9 Å². The van der Waals surface area contributed by atoms with Gasteiger partial charge in [-0.2, -0.15) is 0 Å². The monoisotopic (exact) mass is 580 g/mol.